The van der Waals surface area contributed by atoms with Gasteiger partial charge in [-0.3, -0.25) is 9.78 Å². The van der Waals surface area contributed by atoms with Gasteiger partial charge in [-0.2, -0.15) is 0 Å². The molecule has 1 saturated heterocycles. The first kappa shape index (κ1) is 16.2. The van der Waals surface area contributed by atoms with E-state index >= 15 is 0 Å². The lowest BCUT2D eigenvalue weighted by molar-refractivity contribution is 0.0211. The number of carbonyl (C=O) groups excluding carboxylic acids is 1. The lowest BCUT2D eigenvalue weighted by Crippen LogP contribution is -2.45. The topological polar surface area (TPSA) is 84.1 Å². The average molecular weight is 341 g/mol. The number of hydrogen-bond donors (Lipinski definition) is 1. The second kappa shape index (κ2) is 6.92. The fourth-order valence-electron chi connectivity index (χ4n) is 4.26. The van der Waals surface area contributed by atoms with E-state index in [0.717, 1.165) is 50.8 Å². The Balaban J connectivity index is 1.56. The summed E-state index contributed by atoms with van der Waals surface area (Å²) >= 11 is 0. The molecule has 3 atom stereocenters. The molecule has 1 aliphatic carbocycles. The van der Waals surface area contributed by atoms with Crippen molar-refractivity contribution in [3.63, 3.8) is 0 Å². The maximum absolute atomic E-state index is 13.1. The minimum atomic E-state index is -0.285. The summed E-state index contributed by atoms with van der Waals surface area (Å²) in [6, 6.07) is 1.94. The summed E-state index contributed by atoms with van der Waals surface area (Å²) in [5.74, 6) is 0.196. The molecule has 2 aromatic heterocycles. The molecule has 4 rings (SSSR count). The largest absolute Gasteiger partial charge is 0.393 e. The molecule has 1 saturated carbocycles. The molecule has 7 heteroatoms. The number of aromatic nitrogens is 4. The molecule has 1 N–H and O–H groups in total. The maximum atomic E-state index is 13.1. The van der Waals surface area contributed by atoms with Crippen LogP contribution < -0.4 is 0 Å². The Morgan fingerprint density at radius 1 is 1.16 bits per heavy atom. The summed E-state index contributed by atoms with van der Waals surface area (Å²) in [4.78, 5) is 19.2. The number of pyridine rings is 1. The second-order valence-electron chi connectivity index (χ2n) is 7.00. The Kier molecular flexibility index (Phi) is 4.48. The van der Waals surface area contributed by atoms with Crippen LogP contribution in [-0.2, 0) is 0 Å². The third kappa shape index (κ3) is 3.16. The van der Waals surface area contributed by atoms with Crippen molar-refractivity contribution < 1.29 is 9.90 Å². The van der Waals surface area contributed by atoms with Gasteiger partial charge in [0.2, 0.25) is 0 Å². The van der Waals surface area contributed by atoms with Gasteiger partial charge in [0.25, 0.3) is 5.91 Å². The number of carbonyl (C=O) groups is 1. The quantitative estimate of drug-likeness (QED) is 0.920. The van der Waals surface area contributed by atoms with Crippen LogP contribution in [0.4, 0.5) is 0 Å². The van der Waals surface area contributed by atoms with Gasteiger partial charge in [-0.05, 0) is 31.7 Å². The minimum Gasteiger partial charge on any atom is -0.393 e. The molecular formula is C18H23N5O2. The minimum absolute atomic E-state index is 0.00487. The molecule has 0 unspecified atom stereocenters. The molecule has 2 fully saturated rings. The molecule has 0 radical (unpaired) electrons. The number of likely N-dealkylation sites (tertiary alicyclic amines) is 1. The summed E-state index contributed by atoms with van der Waals surface area (Å²) in [7, 11) is 0. The van der Waals surface area contributed by atoms with Crippen molar-refractivity contribution in [2.24, 2.45) is 5.92 Å². The van der Waals surface area contributed by atoms with Gasteiger partial charge in [-0.1, -0.05) is 18.1 Å². The molecule has 0 aromatic carbocycles. The molecule has 7 nitrogen and oxygen atoms in total. The van der Waals surface area contributed by atoms with Gasteiger partial charge >= 0.3 is 0 Å². The monoisotopic (exact) mass is 341 g/mol. The highest BCUT2D eigenvalue weighted by Gasteiger charge is 2.39. The van der Waals surface area contributed by atoms with E-state index in [0.29, 0.717) is 5.56 Å². The van der Waals surface area contributed by atoms with Gasteiger partial charge in [-0.15, -0.1) is 5.10 Å². The first-order chi connectivity index (χ1) is 12.2. The van der Waals surface area contributed by atoms with Crippen molar-refractivity contribution in [2.75, 3.05) is 6.54 Å². The van der Waals surface area contributed by atoms with Gasteiger partial charge in [0.15, 0.2) is 0 Å². The molecule has 3 heterocycles. The van der Waals surface area contributed by atoms with Gasteiger partial charge in [0, 0.05) is 24.7 Å². The lowest BCUT2D eigenvalue weighted by atomic mass is 9.80. The van der Waals surface area contributed by atoms with E-state index in [1.165, 1.54) is 0 Å². The van der Waals surface area contributed by atoms with Gasteiger partial charge < -0.3 is 10.0 Å². The molecule has 2 aliphatic rings. The van der Waals surface area contributed by atoms with Crippen LogP contribution in [0, 0.1) is 5.92 Å². The van der Waals surface area contributed by atoms with E-state index in [-0.39, 0.29) is 24.0 Å². The van der Waals surface area contributed by atoms with E-state index in [9.17, 15) is 9.90 Å². The van der Waals surface area contributed by atoms with E-state index in [2.05, 4.69) is 15.3 Å². The van der Waals surface area contributed by atoms with E-state index in [1.54, 1.807) is 35.5 Å². The summed E-state index contributed by atoms with van der Waals surface area (Å²) in [5, 5.41) is 18.1. The van der Waals surface area contributed by atoms with Crippen molar-refractivity contribution in [1.82, 2.24) is 24.9 Å². The third-order valence-corrected chi connectivity index (χ3v) is 5.49. The van der Waals surface area contributed by atoms with Crippen LogP contribution in [-0.4, -0.2) is 54.6 Å². The molecule has 2 aromatic rings. The number of rotatable bonds is 3. The predicted molar refractivity (Wildman–Crippen MR) is 91.2 cm³/mol. The highest BCUT2D eigenvalue weighted by molar-refractivity contribution is 5.94. The predicted octanol–water partition coefficient (Wildman–Crippen LogP) is 1.82. The number of nitrogens with zero attached hydrogens (tertiary/aromatic N) is 5. The van der Waals surface area contributed by atoms with Crippen molar-refractivity contribution in [2.45, 2.75) is 50.7 Å². The fourth-order valence-corrected chi connectivity index (χ4v) is 4.26. The van der Waals surface area contributed by atoms with Crippen molar-refractivity contribution >= 4 is 5.91 Å². The van der Waals surface area contributed by atoms with Crippen LogP contribution in [0.2, 0.25) is 0 Å². The Bertz CT molecular complexity index is 733. The van der Waals surface area contributed by atoms with E-state index in [1.807, 2.05) is 4.90 Å². The van der Waals surface area contributed by atoms with Crippen LogP contribution in [0.5, 0.6) is 0 Å². The first-order valence-electron chi connectivity index (χ1n) is 9.05. The molecule has 132 valence electrons. The van der Waals surface area contributed by atoms with Gasteiger partial charge in [-0.25, -0.2) is 4.68 Å². The van der Waals surface area contributed by atoms with Crippen LogP contribution in [0.25, 0.3) is 5.69 Å². The Morgan fingerprint density at radius 2 is 2.04 bits per heavy atom. The van der Waals surface area contributed by atoms with E-state index < -0.39 is 0 Å². The normalized spacial score (nSPS) is 26.8. The van der Waals surface area contributed by atoms with Gasteiger partial charge in [0.1, 0.15) is 0 Å². The average Bonchev–Trinajstić information content (AvgIpc) is 3.33. The van der Waals surface area contributed by atoms with Crippen LogP contribution in [0.3, 0.4) is 0 Å². The smallest absolute Gasteiger partial charge is 0.255 e. The zero-order valence-corrected chi connectivity index (χ0v) is 14.2. The Labute approximate surface area is 146 Å². The molecule has 25 heavy (non-hydrogen) atoms. The Morgan fingerprint density at radius 3 is 2.84 bits per heavy atom. The lowest BCUT2D eigenvalue weighted by Gasteiger charge is -2.37. The number of aliphatic hydroxyl groups is 1. The van der Waals surface area contributed by atoms with Crippen molar-refractivity contribution in [3.8, 4) is 5.69 Å². The SMILES string of the molecule is O=C(c1cncc(-n2ccnn2)c1)N1CCC[C@@H]1[C@@H]1CCCC[C@H]1O. The molecule has 1 amide bonds. The number of hydrogen-bond acceptors (Lipinski definition) is 5. The summed E-state index contributed by atoms with van der Waals surface area (Å²) in [6.45, 7) is 0.750. The summed E-state index contributed by atoms with van der Waals surface area (Å²) < 4.78 is 1.59. The highest BCUT2D eigenvalue weighted by Crippen LogP contribution is 2.35. The zero-order valence-electron chi connectivity index (χ0n) is 14.2. The fraction of sp³-hybridized carbons (Fsp3) is 0.556. The van der Waals surface area contributed by atoms with Crippen molar-refractivity contribution in [3.05, 3.63) is 36.4 Å². The second-order valence-corrected chi connectivity index (χ2v) is 7.00. The van der Waals surface area contributed by atoms with Crippen LogP contribution in [0.15, 0.2) is 30.9 Å². The maximum Gasteiger partial charge on any atom is 0.255 e. The molecule has 0 bridgehead atoms. The van der Waals surface area contributed by atoms with Crippen LogP contribution in [0.1, 0.15) is 48.9 Å². The summed E-state index contributed by atoms with van der Waals surface area (Å²) in [6.07, 6.45) is 12.4. The molecular weight excluding hydrogens is 318 g/mol. The highest BCUT2D eigenvalue weighted by atomic mass is 16.3. The van der Waals surface area contributed by atoms with Crippen molar-refractivity contribution in [1.29, 1.82) is 0 Å². The Hall–Kier alpha value is -2.28. The zero-order chi connectivity index (χ0) is 17.2. The summed E-state index contributed by atoms with van der Waals surface area (Å²) in [5.41, 5.74) is 1.28. The number of aliphatic hydroxyl groups excluding tert-OH is 1. The van der Waals surface area contributed by atoms with Crippen LogP contribution >= 0.6 is 0 Å². The standard InChI is InChI=1S/C18H23N5O2/c24-17-6-2-1-4-15(17)16-5-3-8-22(16)18(25)13-10-14(12-19-11-13)23-9-7-20-21-23/h7,9-12,15-17,24H,1-6,8H2/t15-,16+,17+/m0/s1. The first-order valence-corrected chi connectivity index (χ1v) is 9.05. The molecule has 0 spiro atoms. The number of amides is 1. The third-order valence-electron chi connectivity index (χ3n) is 5.49. The van der Waals surface area contributed by atoms with E-state index in [4.69, 9.17) is 0 Å². The molecule has 1 aliphatic heterocycles. The van der Waals surface area contributed by atoms with Gasteiger partial charge in [0.05, 0.1) is 35.9 Å².